The number of ether oxygens (including phenoxy) is 2. The van der Waals surface area contributed by atoms with Gasteiger partial charge in [0.15, 0.2) is 5.90 Å². The minimum absolute atomic E-state index is 0.0202. The van der Waals surface area contributed by atoms with E-state index >= 15 is 0 Å². The van der Waals surface area contributed by atoms with E-state index in [1.807, 2.05) is 19.1 Å². The van der Waals surface area contributed by atoms with E-state index in [0.29, 0.717) is 18.1 Å². The summed E-state index contributed by atoms with van der Waals surface area (Å²) in [4.78, 5) is 4.31. The van der Waals surface area contributed by atoms with Gasteiger partial charge in [-0.1, -0.05) is 20.8 Å². The summed E-state index contributed by atoms with van der Waals surface area (Å²) < 4.78 is 10.4. The smallest absolute Gasteiger partial charge is 0.222 e. The molecule has 2 N–H and O–H groups in total. The molecule has 1 heterocycles. The number of hydrogen-bond donors (Lipinski definition) is 2. The Kier molecular flexibility index (Phi) is 7.02. The Balaban J connectivity index is 2.64. The predicted octanol–water partition coefficient (Wildman–Crippen LogP) is 3.59. The zero-order valence-electron chi connectivity index (χ0n) is 13.3. The second-order valence-corrected chi connectivity index (χ2v) is 5.31. The van der Waals surface area contributed by atoms with Crippen LogP contribution < -0.4 is 0 Å². The fourth-order valence-electron chi connectivity index (χ4n) is 1.91. The maximum atomic E-state index is 7.98. The lowest BCUT2D eigenvalue weighted by Gasteiger charge is -2.16. The Labute approximate surface area is 126 Å². The number of nitrogens with one attached hydrogen (secondary N) is 2. The molecule has 0 spiro atoms. The van der Waals surface area contributed by atoms with Gasteiger partial charge >= 0.3 is 0 Å². The summed E-state index contributed by atoms with van der Waals surface area (Å²) >= 11 is 0. The van der Waals surface area contributed by atoms with Crippen LogP contribution in [0.4, 0.5) is 0 Å². The third-order valence-corrected chi connectivity index (χ3v) is 3.39. The van der Waals surface area contributed by atoms with Gasteiger partial charge in [0.25, 0.3) is 0 Å². The maximum Gasteiger partial charge on any atom is 0.222 e. The average molecular weight is 291 g/mol. The Morgan fingerprint density at radius 2 is 2.00 bits per heavy atom. The van der Waals surface area contributed by atoms with Gasteiger partial charge in [-0.25, -0.2) is 0 Å². The van der Waals surface area contributed by atoms with Gasteiger partial charge in [0.1, 0.15) is 0 Å². The molecule has 5 nitrogen and oxygen atoms in total. The van der Waals surface area contributed by atoms with Gasteiger partial charge in [0.2, 0.25) is 5.90 Å². The molecule has 0 aromatic carbocycles. The number of pyridine rings is 1. The summed E-state index contributed by atoms with van der Waals surface area (Å²) in [6.07, 6.45) is 3.14. The molecule has 116 valence electrons. The van der Waals surface area contributed by atoms with Crippen molar-refractivity contribution in [3.8, 4) is 0 Å². The first-order valence-electron chi connectivity index (χ1n) is 7.29. The Morgan fingerprint density at radius 1 is 1.29 bits per heavy atom. The molecule has 0 aliphatic heterocycles. The molecule has 1 atom stereocenters. The van der Waals surface area contributed by atoms with Gasteiger partial charge in [-0.3, -0.25) is 15.8 Å². The lowest BCUT2D eigenvalue weighted by atomic mass is 10.0. The fourth-order valence-corrected chi connectivity index (χ4v) is 1.91. The summed E-state index contributed by atoms with van der Waals surface area (Å²) in [6, 6.07) is 3.71. The van der Waals surface area contributed by atoms with E-state index < -0.39 is 0 Å². The molecule has 0 bridgehead atoms. The van der Waals surface area contributed by atoms with Crippen molar-refractivity contribution in [2.75, 3.05) is 13.7 Å². The van der Waals surface area contributed by atoms with Gasteiger partial charge in [-0.2, -0.15) is 0 Å². The van der Waals surface area contributed by atoms with E-state index in [4.69, 9.17) is 20.3 Å². The zero-order chi connectivity index (χ0) is 15.8. The van der Waals surface area contributed by atoms with Crippen molar-refractivity contribution in [3.05, 3.63) is 29.6 Å². The average Bonchev–Trinajstić information content (AvgIpc) is 2.48. The van der Waals surface area contributed by atoms with Crippen LogP contribution in [0.3, 0.4) is 0 Å². The van der Waals surface area contributed by atoms with E-state index in [1.165, 1.54) is 0 Å². The molecular weight excluding hydrogens is 266 g/mol. The van der Waals surface area contributed by atoms with Crippen LogP contribution in [0.1, 0.15) is 50.8 Å². The highest BCUT2D eigenvalue weighted by molar-refractivity contribution is 5.99. The van der Waals surface area contributed by atoms with Crippen molar-refractivity contribution in [2.24, 2.45) is 5.92 Å². The molecule has 1 unspecified atom stereocenters. The first-order valence-corrected chi connectivity index (χ1v) is 7.29. The van der Waals surface area contributed by atoms with Crippen LogP contribution in [0.5, 0.6) is 0 Å². The molecule has 0 saturated carbocycles. The largest absolute Gasteiger partial charge is 0.425 e. The summed E-state index contributed by atoms with van der Waals surface area (Å²) in [5, 5.41) is 15.9. The lowest BCUT2D eigenvalue weighted by molar-refractivity contribution is 0.183. The highest BCUT2D eigenvalue weighted by Crippen LogP contribution is 2.14. The van der Waals surface area contributed by atoms with Gasteiger partial charge in [0.05, 0.1) is 5.56 Å². The Hall–Kier alpha value is -1.75. The van der Waals surface area contributed by atoms with Gasteiger partial charge in [-0.15, -0.1) is 0 Å². The molecule has 0 amide bonds. The van der Waals surface area contributed by atoms with Crippen molar-refractivity contribution in [1.29, 1.82) is 10.8 Å². The first-order chi connectivity index (χ1) is 9.99. The number of methoxy groups -OCH3 is 1. The van der Waals surface area contributed by atoms with Gasteiger partial charge in [-0.05, 0) is 30.9 Å². The second kappa shape index (κ2) is 8.52. The maximum absolute atomic E-state index is 7.98. The minimum Gasteiger partial charge on any atom is -0.425 e. The van der Waals surface area contributed by atoms with Gasteiger partial charge in [0, 0.05) is 31.5 Å². The van der Waals surface area contributed by atoms with Crippen molar-refractivity contribution in [3.63, 3.8) is 0 Å². The van der Waals surface area contributed by atoms with Gasteiger partial charge < -0.3 is 9.47 Å². The quantitative estimate of drug-likeness (QED) is 0.595. The summed E-state index contributed by atoms with van der Waals surface area (Å²) in [7, 11) is 1.64. The lowest BCUT2D eigenvalue weighted by Crippen LogP contribution is -2.21. The molecule has 0 fully saturated rings. The summed E-state index contributed by atoms with van der Waals surface area (Å²) in [5.41, 5.74) is 1.57. The number of rotatable bonds is 7. The van der Waals surface area contributed by atoms with Crippen LogP contribution in [-0.4, -0.2) is 30.5 Å². The molecule has 1 aromatic heterocycles. The molecule has 0 aliphatic carbocycles. The van der Waals surface area contributed by atoms with E-state index in [1.54, 1.807) is 13.3 Å². The first kappa shape index (κ1) is 17.3. The van der Waals surface area contributed by atoms with Crippen LogP contribution in [0, 0.1) is 16.7 Å². The molecule has 21 heavy (non-hydrogen) atoms. The third kappa shape index (κ3) is 5.27. The molecule has 0 radical (unpaired) electrons. The molecule has 1 aromatic rings. The number of hydrogen-bond acceptors (Lipinski definition) is 5. The zero-order valence-corrected chi connectivity index (χ0v) is 13.3. The Morgan fingerprint density at radius 3 is 2.48 bits per heavy atom. The summed E-state index contributed by atoms with van der Waals surface area (Å²) in [6.45, 7) is 6.73. The predicted molar refractivity (Wildman–Crippen MR) is 84.2 cm³/mol. The van der Waals surface area contributed by atoms with E-state index in [9.17, 15) is 0 Å². The molecule has 0 saturated heterocycles. The minimum atomic E-state index is -0.0290. The van der Waals surface area contributed by atoms with E-state index in [-0.39, 0.29) is 17.7 Å². The monoisotopic (exact) mass is 291 g/mol. The van der Waals surface area contributed by atoms with Crippen LogP contribution in [0.25, 0.3) is 0 Å². The van der Waals surface area contributed by atoms with Crippen LogP contribution in [-0.2, 0) is 9.47 Å². The summed E-state index contributed by atoms with van der Waals surface area (Å²) in [5.74, 6) is 0.422. The van der Waals surface area contributed by atoms with Crippen LogP contribution >= 0.6 is 0 Å². The molecular formula is C16H25N3O2. The normalized spacial score (nSPS) is 12.2. The SMILES string of the molecule is CCC(CCOC)C(=N)OC(=N)c1ccc(C(C)C)nc1. The highest BCUT2D eigenvalue weighted by atomic mass is 16.5. The topological polar surface area (TPSA) is 79.0 Å². The third-order valence-electron chi connectivity index (χ3n) is 3.39. The van der Waals surface area contributed by atoms with Crippen LogP contribution in [0.15, 0.2) is 18.3 Å². The standard InChI is InChI=1S/C16H25N3O2/c1-5-12(8-9-20-4)15(17)21-16(18)13-6-7-14(11(2)3)19-10-13/h6-7,10-12,17-18H,5,8-9H2,1-4H3. The van der Waals surface area contributed by atoms with Crippen molar-refractivity contribution >= 4 is 11.8 Å². The number of nitrogens with zero attached hydrogens (tertiary/aromatic N) is 1. The molecule has 1 rings (SSSR count). The highest BCUT2D eigenvalue weighted by Gasteiger charge is 2.17. The van der Waals surface area contributed by atoms with E-state index in [2.05, 4.69) is 18.8 Å². The second-order valence-electron chi connectivity index (χ2n) is 5.31. The molecule has 5 heteroatoms. The fraction of sp³-hybridized carbons (Fsp3) is 0.562. The number of aromatic nitrogens is 1. The van der Waals surface area contributed by atoms with E-state index in [0.717, 1.165) is 18.5 Å². The Bertz CT molecular complexity index is 469. The van der Waals surface area contributed by atoms with Crippen LogP contribution in [0.2, 0.25) is 0 Å². The molecule has 0 aliphatic rings. The van der Waals surface area contributed by atoms with Crippen molar-refractivity contribution in [1.82, 2.24) is 4.98 Å². The van der Waals surface area contributed by atoms with Crippen molar-refractivity contribution in [2.45, 2.75) is 39.5 Å². The van der Waals surface area contributed by atoms with Crippen molar-refractivity contribution < 1.29 is 9.47 Å².